The molecule has 1 atom stereocenters. The van der Waals surface area contributed by atoms with E-state index in [0.29, 0.717) is 48.1 Å². The Morgan fingerprint density at radius 3 is 1.22 bits per heavy atom. The third-order valence-electron chi connectivity index (χ3n) is 16.4. The summed E-state index contributed by atoms with van der Waals surface area (Å²) in [4.78, 5) is 12.4. The fourth-order valence-corrected chi connectivity index (χ4v) is 11.3. The van der Waals surface area contributed by atoms with Gasteiger partial charge in [0.2, 0.25) is 0 Å². The molecule has 0 unspecified atom stereocenters. The number of aryl methyl sites for hydroxylation is 4. The van der Waals surface area contributed by atoms with Gasteiger partial charge in [-0.15, -0.1) is 0 Å². The average Bonchev–Trinajstić information content (AvgIpc) is 0.845. The molecule has 0 heterocycles. The summed E-state index contributed by atoms with van der Waals surface area (Å²) >= 11 is 0. The topological polar surface area (TPSA) is 102 Å². The highest BCUT2D eigenvalue weighted by atomic mass is 28.4. The number of esters is 1. The summed E-state index contributed by atoms with van der Waals surface area (Å²) in [5, 5.41) is 9.83. The first kappa shape index (κ1) is 74.9. The molecule has 0 radical (unpaired) electrons. The summed E-state index contributed by atoms with van der Waals surface area (Å²) in [6, 6.07) is 21.2. The molecule has 0 aliphatic rings. The molecular formula is C64H84F12O9Si. The van der Waals surface area contributed by atoms with Gasteiger partial charge in [-0.2, -0.15) is 52.7 Å². The van der Waals surface area contributed by atoms with Crippen LogP contribution in [0.3, 0.4) is 0 Å². The zero-order valence-electron chi connectivity index (χ0n) is 51.9. The second-order valence-corrected chi connectivity index (χ2v) is 27.5. The number of phenolic OH excluding ortho intramolecular Hbond substituents is 1. The van der Waals surface area contributed by atoms with E-state index in [-0.39, 0.29) is 59.7 Å². The van der Waals surface area contributed by atoms with Crippen molar-refractivity contribution < 1.29 is 95.4 Å². The number of rotatable bonds is 26. The van der Waals surface area contributed by atoms with Crippen LogP contribution in [0.2, 0.25) is 18.1 Å². The van der Waals surface area contributed by atoms with Crippen molar-refractivity contribution in [2.45, 2.75) is 186 Å². The highest BCUT2D eigenvalue weighted by molar-refractivity contribution is 6.74. The molecule has 0 saturated heterocycles. The van der Waals surface area contributed by atoms with Gasteiger partial charge in [0.15, 0.2) is 8.32 Å². The lowest BCUT2D eigenvalue weighted by atomic mass is 9.70. The van der Waals surface area contributed by atoms with E-state index in [2.05, 4.69) is 52.8 Å². The van der Waals surface area contributed by atoms with Gasteiger partial charge in [-0.3, -0.25) is 4.79 Å². The van der Waals surface area contributed by atoms with Crippen molar-refractivity contribution in [2.24, 2.45) is 0 Å². The van der Waals surface area contributed by atoms with Crippen molar-refractivity contribution in [1.29, 1.82) is 0 Å². The number of benzene rings is 4. The van der Waals surface area contributed by atoms with Gasteiger partial charge in [-0.05, 0) is 158 Å². The highest BCUT2D eigenvalue weighted by Crippen LogP contribution is 2.50. The van der Waals surface area contributed by atoms with Crippen LogP contribution in [0.1, 0.15) is 143 Å². The third-order valence-corrected chi connectivity index (χ3v) is 21.0. The third kappa shape index (κ3) is 17.1. The van der Waals surface area contributed by atoms with Crippen LogP contribution >= 0.6 is 0 Å². The summed E-state index contributed by atoms with van der Waals surface area (Å²) in [5.41, 5.74) is -3.44. The van der Waals surface area contributed by atoms with Crippen molar-refractivity contribution in [2.75, 3.05) is 41.0 Å². The van der Waals surface area contributed by atoms with Crippen LogP contribution in [0.25, 0.3) is 12.2 Å². The maximum absolute atomic E-state index is 13.8. The molecule has 0 bridgehead atoms. The number of carbonyl (C=O) groups is 1. The molecule has 0 spiro atoms. The zero-order chi connectivity index (χ0) is 65.7. The van der Waals surface area contributed by atoms with E-state index in [9.17, 15) is 62.6 Å². The molecular weight excluding hydrogens is 1170 g/mol. The molecule has 4 rings (SSSR count). The number of phenols is 1. The normalized spacial score (nSPS) is 14.0. The van der Waals surface area contributed by atoms with E-state index >= 15 is 0 Å². The maximum Gasteiger partial charge on any atom is 0.430 e. The van der Waals surface area contributed by atoms with Crippen molar-refractivity contribution in [3.05, 3.63) is 141 Å². The van der Waals surface area contributed by atoms with Crippen molar-refractivity contribution in [3.8, 4) is 11.5 Å². The number of halogens is 12. The molecule has 1 N–H and O–H groups in total. The van der Waals surface area contributed by atoms with E-state index in [0.717, 1.165) is 54.2 Å². The molecule has 0 aromatic heterocycles. The number of alkyl halides is 12. The Balaban J connectivity index is 0.000000482. The number of carbonyl (C=O) groups excluding carboxylic acids is 1. The predicted molar refractivity (Wildman–Crippen MR) is 312 cm³/mol. The van der Waals surface area contributed by atoms with Crippen LogP contribution in [0.5, 0.6) is 11.5 Å². The van der Waals surface area contributed by atoms with Crippen LogP contribution in [-0.4, -0.2) is 102 Å². The summed E-state index contributed by atoms with van der Waals surface area (Å²) < 4.78 is 200. The lowest BCUT2D eigenvalue weighted by Gasteiger charge is -2.39. The molecule has 4 aromatic rings. The molecule has 4 aromatic carbocycles. The molecule has 0 aliphatic carbocycles. The smallest absolute Gasteiger partial charge is 0.430 e. The Morgan fingerprint density at radius 1 is 0.547 bits per heavy atom. The zero-order valence-corrected chi connectivity index (χ0v) is 52.9. The standard InChI is InChI=1S/C38H54F6O6Si.C26H30F6O3/c1-12-35(13-2,29-16-15-28(26(4)21-29)19-20-36(37(39,40)41,38(42,43)44)49-25-46-9)30-17-18-32(27(5)22-30)48-24-31(23-33(45)47-14-3)50-51(10,11)34(6,7)8;1-6-23(7-2,21-10-11-22(33)18(4)15-21)20-9-8-19(17(3)14-20)12-13-24(25(27,28)29,26(30,31)32)35-16-34-5/h15-22,31H,12-14,23-25H2,1-11H3;8-15,33H,6-7,16H2,1-5H3/b20-19+;13-12+/t31-;/m0./s1. The molecule has 0 fully saturated rings. The van der Waals surface area contributed by atoms with Crippen LogP contribution in [-0.2, 0) is 43.7 Å². The van der Waals surface area contributed by atoms with Crippen molar-refractivity contribution in [1.82, 2.24) is 0 Å². The van der Waals surface area contributed by atoms with Gasteiger partial charge in [-0.25, -0.2) is 0 Å². The maximum atomic E-state index is 13.8. The number of hydrogen-bond acceptors (Lipinski definition) is 9. The first-order valence-electron chi connectivity index (χ1n) is 28.1. The Bertz CT molecular complexity index is 2870. The second-order valence-electron chi connectivity index (χ2n) is 22.8. The molecule has 22 heteroatoms. The molecule has 0 aliphatic heterocycles. The van der Waals surface area contributed by atoms with E-state index < -0.39 is 74.7 Å². The van der Waals surface area contributed by atoms with Gasteiger partial charge in [0, 0.05) is 25.0 Å². The SMILES string of the molecule is CCC(CC)(c1ccc(O)c(C)c1)c1ccc(/C=C/C(OCOC)(C(F)(F)F)C(F)(F)F)c(C)c1.CCOC(=O)C[C@@H](COc1ccc(C(CC)(CC)c2ccc(/C=C/C(OCOC)(C(F)(F)F)C(F)(F)F)c(C)c2)cc1C)O[Si](C)(C)C(C)(C)C. The number of ether oxygens (including phenoxy) is 6. The van der Waals surface area contributed by atoms with Crippen LogP contribution in [0.4, 0.5) is 52.7 Å². The lowest BCUT2D eigenvalue weighted by Crippen LogP contribution is -2.57. The summed E-state index contributed by atoms with van der Waals surface area (Å²) in [6.07, 6.45) is -19.3. The monoisotopic (exact) mass is 1250 g/mol. The van der Waals surface area contributed by atoms with Crippen molar-refractivity contribution in [3.63, 3.8) is 0 Å². The Hall–Kier alpha value is -5.39. The first-order valence-corrected chi connectivity index (χ1v) is 31.1. The van der Waals surface area contributed by atoms with Crippen molar-refractivity contribution >= 4 is 26.4 Å². The second kappa shape index (κ2) is 29.7. The summed E-state index contributed by atoms with van der Waals surface area (Å²) in [5.74, 6) is 0.432. The van der Waals surface area contributed by atoms with Gasteiger partial charge in [0.05, 0.1) is 19.1 Å². The minimum absolute atomic E-state index is 0.00235. The molecule has 86 heavy (non-hydrogen) atoms. The molecule has 0 saturated carbocycles. The highest BCUT2D eigenvalue weighted by Gasteiger charge is 2.72. The predicted octanol–water partition coefficient (Wildman–Crippen LogP) is 18.2. The molecule has 482 valence electrons. The van der Waals surface area contributed by atoms with Crippen LogP contribution < -0.4 is 4.74 Å². The van der Waals surface area contributed by atoms with E-state index in [1.165, 1.54) is 12.1 Å². The Labute approximate surface area is 499 Å². The van der Waals surface area contributed by atoms with Gasteiger partial charge >= 0.3 is 30.7 Å². The summed E-state index contributed by atoms with van der Waals surface area (Å²) in [7, 11) is -0.362. The first-order chi connectivity index (χ1) is 39.6. The quantitative estimate of drug-likeness (QED) is 0.0285. The largest absolute Gasteiger partial charge is 0.508 e. The fraction of sp³-hybridized carbons (Fsp3) is 0.547. The van der Waals surface area contributed by atoms with E-state index in [1.807, 2.05) is 65.0 Å². The molecule has 9 nitrogen and oxygen atoms in total. The molecule has 0 amide bonds. The summed E-state index contributed by atoms with van der Waals surface area (Å²) in [6.45, 7) is 25.4. The Morgan fingerprint density at radius 2 is 0.907 bits per heavy atom. The van der Waals surface area contributed by atoms with Gasteiger partial charge < -0.3 is 38.0 Å². The minimum atomic E-state index is -5.79. The van der Waals surface area contributed by atoms with Crippen LogP contribution in [0, 0.1) is 27.7 Å². The minimum Gasteiger partial charge on any atom is -0.508 e. The van der Waals surface area contributed by atoms with Gasteiger partial charge in [-0.1, -0.05) is 121 Å². The van der Waals surface area contributed by atoms with Crippen LogP contribution in [0.15, 0.2) is 84.9 Å². The van der Waals surface area contributed by atoms with Gasteiger partial charge in [0.1, 0.15) is 31.7 Å². The lowest BCUT2D eigenvalue weighted by molar-refractivity contribution is -0.372. The Kier molecular flexibility index (Phi) is 25.9. The number of hydrogen-bond donors (Lipinski definition) is 1. The van der Waals surface area contributed by atoms with E-state index in [1.54, 1.807) is 58.0 Å². The van der Waals surface area contributed by atoms with E-state index in [4.69, 9.17) is 13.9 Å². The number of methoxy groups -OCH3 is 2. The fourth-order valence-electron chi connectivity index (χ4n) is 10.0. The number of aromatic hydroxyl groups is 1. The van der Waals surface area contributed by atoms with Gasteiger partial charge in [0.25, 0.3) is 11.2 Å². The average molecular weight is 1250 g/mol.